The van der Waals surface area contributed by atoms with Crippen molar-refractivity contribution < 1.29 is 28.1 Å². The molecule has 6 rings (SSSR count). The Labute approximate surface area is 232 Å². The number of carbonyl (C=O) groups is 1. The molecule has 4 aliphatic rings. The lowest BCUT2D eigenvalue weighted by molar-refractivity contribution is -0.199. The van der Waals surface area contributed by atoms with Gasteiger partial charge < -0.3 is 28.4 Å². The van der Waals surface area contributed by atoms with E-state index in [4.69, 9.17) is 30.5 Å². The molecule has 2 unspecified atom stereocenters. The summed E-state index contributed by atoms with van der Waals surface area (Å²) in [4.78, 5) is 25.2. The van der Waals surface area contributed by atoms with Crippen LogP contribution in [0.5, 0.6) is 0 Å². The van der Waals surface area contributed by atoms with E-state index in [0.29, 0.717) is 25.3 Å². The molecule has 2 aromatic rings. The summed E-state index contributed by atoms with van der Waals surface area (Å²) < 4.78 is 41.4. The van der Waals surface area contributed by atoms with Crippen molar-refractivity contribution in [2.24, 2.45) is 0 Å². The van der Waals surface area contributed by atoms with Crippen molar-refractivity contribution in [2.75, 3.05) is 26.2 Å². The van der Waals surface area contributed by atoms with Crippen LogP contribution in [0.25, 0.3) is 11.0 Å². The number of amides is 1. The summed E-state index contributed by atoms with van der Waals surface area (Å²) in [5.74, 6) is -1.31. The molecule has 0 N–H and O–H groups in total. The van der Waals surface area contributed by atoms with Gasteiger partial charge in [0.1, 0.15) is 41.0 Å². The van der Waals surface area contributed by atoms with Gasteiger partial charge in [0.05, 0.1) is 5.39 Å². The maximum atomic E-state index is 14.9. The number of carbonyl (C=O) groups excluding carboxylic acids is 1. The molecule has 4 fully saturated rings. The topological polar surface area (TPSA) is 91.2 Å². The van der Waals surface area contributed by atoms with Gasteiger partial charge in [0.15, 0.2) is 17.8 Å². The zero-order valence-corrected chi connectivity index (χ0v) is 23.9. The molecule has 6 heterocycles. The smallest absolute Gasteiger partial charge is 0.410 e. The van der Waals surface area contributed by atoms with Gasteiger partial charge in [-0.3, -0.25) is 4.90 Å². The molecule has 1 spiro atoms. The highest BCUT2D eigenvalue weighted by atomic mass is 35.5. The number of hydrogen-bond acceptors (Lipinski definition) is 8. The largest absolute Gasteiger partial charge is 0.444 e. The zero-order chi connectivity index (χ0) is 27.7. The van der Waals surface area contributed by atoms with E-state index in [9.17, 15) is 9.18 Å². The number of nitrogens with zero attached hydrogens (tertiary/aromatic N) is 5. The fraction of sp³-hybridized carbons (Fsp3) is 0.741. The first kappa shape index (κ1) is 27.1. The maximum absolute atomic E-state index is 14.9. The second-order valence-electron chi connectivity index (χ2n) is 12.6. The Balaban J connectivity index is 1.21. The highest BCUT2D eigenvalue weighted by molar-refractivity contribution is 6.34. The summed E-state index contributed by atoms with van der Waals surface area (Å²) in [6, 6.07) is 0. The van der Waals surface area contributed by atoms with Crippen LogP contribution in [-0.2, 0) is 18.9 Å². The third kappa shape index (κ3) is 4.90. The first-order valence-electron chi connectivity index (χ1n) is 13.8. The average Bonchev–Trinajstić information content (AvgIpc) is 3.56. The van der Waals surface area contributed by atoms with Crippen LogP contribution in [0.1, 0.15) is 66.5 Å². The van der Waals surface area contributed by atoms with E-state index >= 15 is 0 Å². The van der Waals surface area contributed by atoms with E-state index in [0.717, 1.165) is 32.2 Å². The lowest BCUT2D eigenvalue weighted by Gasteiger charge is -2.46. The van der Waals surface area contributed by atoms with Crippen molar-refractivity contribution >= 4 is 28.7 Å². The van der Waals surface area contributed by atoms with Crippen LogP contribution in [0.15, 0.2) is 12.5 Å². The maximum Gasteiger partial charge on any atom is 0.410 e. The van der Waals surface area contributed by atoms with E-state index < -0.39 is 29.5 Å². The summed E-state index contributed by atoms with van der Waals surface area (Å²) in [6.45, 7) is 12.4. The van der Waals surface area contributed by atoms with Crippen molar-refractivity contribution in [1.82, 2.24) is 24.3 Å². The van der Waals surface area contributed by atoms with Gasteiger partial charge in [-0.05, 0) is 66.8 Å². The normalized spacial score (nSPS) is 30.4. The number of halogens is 2. The van der Waals surface area contributed by atoms with Gasteiger partial charge >= 0.3 is 6.09 Å². The van der Waals surface area contributed by atoms with Crippen LogP contribution in [-0.4, -0.2) is 91.8 Å². The molecule has 0 radical (unpaired) electrons. The van der Waals surface area contributed by atoms with Crippen LogP contribution in [0.3, 0.4) is 0 Å². The van der Waals surface area contributed by atoms with Crippen molar-refractivity contribution in [3.8, 4) is 0 Å². The predicted octanol–water partition coefficient (Wildman–Crippen LogP) is 4.51. The molecule has 10 nitrogen and oxygen atoms in total. The number of rotatable bonds is 3. The summed E-state index contributed by atoms with van der Waals surface area (Å²) in [7, 11) is 0. The Morgan fingerprint density at radius 3 is 2.59 bits per heavy atom. The predicted molar refractivity (Wildman–Crippen MR) is 141 cm³/mol. The van der Waals surface area contributed by atoms with E-state index in [1.807, 2.05) is 39.5 Å². The van der Waals surface area contributed by atoms with E-state index in [1.165, 1.54) is 12.5 Å². The molecule has 4 atom stereocenters. The standard InChI is InChI=1S/C27H37ClFN5O5/c1-25(2,3)39-24(35)32-11-8-27(9-12-32)7-6-10-33(27)14-17-19-20(38-26(4,5)37-19)23(36-17)34-13-16(29)18-21(28)30-15-31-22(18)34/h13,15,17,19-20,23H,6-12,14H2,1-5H3/t17?,19-,20-,23?/m1/s1. The molecule has 12 heteroatoms. The molecule has 2 aromatic heterocycles. The molecular weight excluding hydrogens is 529 g/mol. The zero-order valence-electron chi connectivity index (χ0n) is 23.2. The van der Waals surface area contributed by atoms with Gasteiger partial charge in [0.25, 0.3) is 0 Å². The Morgan fingerprint density at radius 1 is 1.15 bits per heavy atom. The Bertz CT molecular complexity index is 1260. The molecule has 214 valence electrons. The molecule has 39 heavy (non-hydrogen) atoms. The van der Waals surface area contributed by atoms with Crippen LogP contribution in [0.4, 0.5) is 9.18 Å². The Hall–Kier alpha value is -2.05. The summed E-state index contributed by atoms with van der Waals surface area (Å²) in [6.07, 6.45) is 4.64. The molecule has 0 saturated carbocycles. The summed E-state index contributed by atoms with van der Waals surface area (Å²) in [5.41, 5.74) is -0.157. The first-order chi connectivity index (χ1) is 18.4. The van der Waals surface area contributed by atoms with Crippen LogP contribution < -0.4 is 0 Å². The van der Waals surface area contributed by atoms with Gasteiger partial charge in [-0.15, -0.1) is 0 Å². The number of ether oxygens (including phenoxy) is 4. The van der Waals surface area contributed by atoms with Crippen molar-refractivity contribution in [3.63, 3.8) is 0 Å². The SMILES string of the molecule is CC(C)(C)OC(=O)N1CCC2(CCCN2CC2OC(n3cc(F)c4c(Cl)ncnc43)[C@@H]3OC(C)(C)O[C@H]23)CC1. The van der Waals surface area contributed by atoms with Crippen LogP contribution >= 0.6 is 11.6 Å². The molecule has 0 aromatic carbocycles. The van der Waals surface area contributed by atoms with Gasteiger partial charge in [0.2, 0.25) is 0 Å². The highest BCUT2D eigenvalue weighted by Gasteiger charge is 2.57. The molecule has 0 aliphatic carbocycles. The minimum Gasteiger partial charge on any atom is -0.444 e. The number of piperidine rings is 1. The fourth-order valence-corrected chi connectivity index (χ4v) is 6.94. The first-order valence-corrected chi connectivity index (χ1v) is 14.1. The monoisotopic (exact) mass is 565 g/mol. The number of likely N-dealkylation sites (tertiary alicyclic amines) is 2. The molecular formula is C27H37ClFN5O5. The van der Waals surface area contributed by atoms with Gasteiger partial charge in [-0.1, -0.05) is 11.6 Å². The second kappa shape index (κ2) is 9.51. The molecule has 4 saturated heterocycles. The van der Waals surface area contributed by atoms with Gasteiger partial charge in [0, 0.05) is 31.4 Å². The van der Waals surface area contributed by atoms with E-state index in [2.05, 4.69) is 14.9 Å². The summed E-state index contributed by atoms with van der Waals surface area (Å²) in [5, 5.41) is 0.221. The fourth-order valence-electron chi connectivity index (χ4n) is 6.72. The Morgan fingerprint density at radius 2 is 1.87 bits per heavy atom. The van der Waals surface area contributed by atoms with Crippen LogP contribution in [0.2, 0.25) is 5.15 Å². The van der Waals surface area contributed by atoms with Crippen molar-refractivity contribution in [1.29, 1.82) is 0 Å². The van der Waals surface area contributed by atoms with Crippen LogP contribution in [0, 0.1) is 5.82 Å². The Kier molecular flexibility index (Phi) is 6.62. The molecule has 1 amide bonds. The van der Waals surface area contributed by atoms with E-state index in [-0.39, 0.29) is 34.4 Å². The average molecular weight is 566 g/mol. The van der Waals surface area contributed by atoms with Gasteiger partial charge in [-0.25, -0.2) is 19.2 Å². The van der Waals surface area contributed by atoms with Gasteiger partial charge in [-0.2, -0.15) is 0 Å². The highest BCUT2D eigenvalue weighted by Crippen LogP contribution is 2.46. The number of hydrogen-bond donors (Lipinski definition) is 0. The number of aromatic nitrogens is 3. The lowest BCUT2D eigenvalue weighted by atomic mass is 9.84. The minimum atomic E-state index is -0.800. The van der Waals surface area contributed by atoms with E-state index in [1.54, 1.807) is 4.57 Å². The third-order valence-corrected chi connectivity index (χ3v) is 8.69. The second-order valence-corrected chi connectivity index (χ2v) is 13.0. The summed E-state index contributed by atoms with van der Waals surface area (Å²) >= 11 is 6.18. The molecule has 0 bridgehead atoms. The molecule has 4 aliphatic heterocycles. The minimum absolute atomic E-state index is 0.00254. The van der Waals surface area contributed by atoms with Crippen molar-refractivity contribution in [2.45, 2.75) is 102 Å². The lowest BCUT2D eigenvalue weighted by Crippen LogP contribution is -2.56. The quantitative estimate of drug-likeness (QED) is 0.502. The third-order valence-electron chi connectivity index (χ3n) is 8.40. The number of fused-ring (bicyclic) bond motifs is 2. The van der Waals surface area contributed by atoms with Crippen molar-refractivity contribution in [3.05, 3.63) is 23.5 Å².